The van der Waals surface area contributed by atoms with Crippen LogP contribution >= 0.6 is 0 Å². The zero-order valence-electron chi connectivity index (χ0n) is 12.1. The molecule has 1 aromatic heterocycles. The minimum Gasteiger partial charge on any atom is -0.348 e. The van der Waals surface area contributed by atoms with Gasteiger partial charge in [0, 0.05) is 24.5 Å². The van der Waals surface area contributed by atoms with Crippen molar-refractivity contribution >= 4 is 5.91 Å². The van der Waals surface area contributed by atoms with Crippen molar-refractivity contribution in [2.75, 3.05) is 0 Å². The van der Waals surface area contributed by atoms with Crippen LogP contribution in [0, 0.1) is 0 Å². The number of hydrogen-bond donors (Lipinski definition) is 1. The van der Waals surface area contributed by atoms with Gasteiger partial charge in [0.2, 0.25) is 0 Å². The molecule has 108 valence electrons. The molecule has 0 radical (unpaired) electrons. The van der Waals surface area contributed by atoms with Crippen molar-refractivity contribution in [3.63, 3.8) is 0 Å². The highest BCUT2D eigenvalue weighted by Crippen LogP contribution is 2.19. The lowest BCUT2D eigenvalue weighted by Gasteiger charge is -2.07. The van der Waals surface area contributed by atoms with Gasteiger partial charge < -0.3 is 5.32 Å². The molecule has 22 heavy (non-hydrogen) atoms. The van der Waals surface area contributed by atoms with E-state index >= 15 is 0 Å². The molecule has 0 bridgehead atoms. The molecule has 3 heteroatoms. The van der Waals surface area contributed by atoms with Crippen LogP contribution in [-0.4, -0.2) is 10.9 Å². The Kier molecular flexibility index (Phi) is 4.25. The first-order valence-corrected chi connectivity index (χ1v) is 7.15. The van der Waals surface area contributed by atoms with Gasteiger partial charge in [0.1, 0.15) is 0 Å². The predicted molar refractivity (Wildman–Crippen MR) is 87.3 cm³/mol. The van der Waals surface area contributed by atoms with Crippen molar-refractivity contribution in [2.24, 2.45) is 0 Å². The van der Waals surface area contributed by atoms with Crippen LogP contribution in [0.25, 0.3) is 11.1 Å². The molecule has 0 saturated carbocycles. The Morgan fingerprint density at radius 2 is 1.64 bits per heavy atom. The second-order valence-electron chi connectivity index (χ2n) is 4.98. The van der Waals surface area contributed by atoms with E-state index in [-0.39, 0.29) is 5.91 Å². The molecule has 3 aromatic rings. The van der Waals surface area contributed by atoms with E-state index in [1.165, 1.54) is 0 Å². The van der Waals surface area contributed by atoms with E-state index in [0.29, 0.717) is 12.1 Å². The number of rotatable bonds is 4. The second-order valence-corrected chi connectivity index (χ2v) is 4.98. The van der Waals surface area contributed by atoms with Crippen LogP contribution in [-0.2, 0) is 6.54 Å². The summed E-state index contributed by atoms with van der Waals surface area (Å²) in [4.78, 5) is 16.3. The molecule has 0 aliphatic rings. The molecule has 3 nitrogen and oxygen atoms in total. The number of pyridine rings is 1. The average molecular weight is 288 g/mol. The lowest BCUT2D eigenvalue weighted by molar-refractivity contribution is 0.0951. The topological polar surface area (TPSA) is 42.0 Å². The summed E-state index contributed by atoms with van der Waals surface area (Å²) >= 11 is 0. The molecule has 2 aromatic carbocycles. The van der Waals surface area contributed by atoms with Gasteiger partial charge in [0.25, 0.3) is 5.91 Å². The molecule has 0 aliphatic heterocycles. The van der Waals surface area contributed by atoms with Crippen molar-refractivity contribution in [1.29, 1.82) is 0 Å². The van der Waals surface area contributed by atoms with Gasteiger partial charge in [0.15, 0.2) is 0 Å². The first-order chi connectivity index (χ1) is 10.8. The number of nitrogens with zero attached hydrogens (tertiary/aromatic N) is 1. The zero-order valence-corrected chi connectivity index (χ0v) is 12.1. The third kappa shape index (κ3) is 3.38. The third-order valence-corrected chi connectivity index (χ3v) is 3.43. The van der Waals surface area contributed by atoms with Crippen molar-refractivity contribution in [1.82, 2.24) is 10.3 Å². The Morgan fingerprint density at radius 3 is 2.41 bits per heavy atom. The average Bonchev–Trinajstić information content (AvgIpc) is 2.61. The smallest absolute Gasteiger partial charge is 0.251 e. The maximum Gasteiger partial charge on any atom is 0.251 e. The summed E-state index contributed by atoms with van der Waals surface area (Å²) in [6, 6.07) is 21.3. The molecule has 0 saturated heterocycles. The number of benzene rings is 2. The molecule has 0 spiro atoms. The molecular formula is C19H16N2O. The summed E-state index contributed by atoms with van der Waals surface area (Å²) in [6.45, 7) is 0.527. The SMILES string of the molecule is O=C(NCc1ccccc1)c1cccc(-c2ccncc2)c1. The Balaban J connectivity index is 1.73. The van der Waals surface area contributed by atoms with E-state index in [2.05, 4.69) is 10.3 Å². The fourth-order valence-corrected chi connectivity index (χ4v) is 2.26. The lowest BCUT2D eigenvalue weighted by atomic mass is 10.0. The van der Waals surface area contributed by atoms with Crippen molar-refractivity contribution in [3.8, 4) is 11.1 Å². The molecule has 0 fully saturated rings. The summed E-state index contributed by atoms with van der Waals surface area (Å²) in [5.41, 5.74) is 3.80. The fraction of sp³-hybridized carbons (Fsp3) is 0.0526. The largest absolute Gasteiger partial charge is 0.348 e. The molecule has 0 atom stereocenters. The van der Waals surface area contributed by atoms with Crippen LogP contribution in [0.3, 0.4) is 0 Å². The number of carbonyl (C=O) groups is 1. The molecule has 0 aliphatic carbocycles. The summed E-state index contributed by atoms with van der Waals surface area (Å²) in [6.07, 6.45) is 3.50. The quantitative estimate of drug-likeness (QED) is 0.795. The van der Waals surface area contributed by atoms with Gasteiger partial charge in [-0.2, -0.15) is 0 Å². The van der Waals surface area contributed by atoms with E-state index < -0.39 is 0 Å². The number of carbonyl (C=O) groups excluding carboxylic acids is 1. The van der Waals surface area contributed by atoms with Gasteiger partial charge in [-0.25, -0.2) is 0 Å². The molecule has 0 unspecified atom stereocenters. The summed E-state index contributed by atoms with van der Waals surface area (Å²) in [5.74, 6) is -0.0697. The van der Waals surface area contributed by atoms with E-state index in [1.807, 2.05) is 66.7 Å². The van der Waals surface area contributed by atoms with E-state index in [1.54, 1.807) is 12.4 Å². The second kappa shape index (κ2) is 6.68. The Labute approximate surface area is 129 Å². The molecule has 1 N–H and O–H groups in total. The van der Waals surface area contributed by atoms with Gasteiger partial charge in [-0.3, -0.25) is 9.78 Å². The van der Waals surface area contributed by atoms with Crippen LogP contribution in [0.15, 0.2) is 79.1 Å². The van der Waals surface area contributed by atoms with Gasteiger partial charge in [-0.15, -0.1) is 0 Å². The van der Waals surface area contributed by atoms with Gasteiger partial charge in [-0.1, -0.05) is 42.5 Å². The predicted octanol–water partition coefficient (Wildman–Crippen LogP) is 3.68. The Bertz CT molecular complexity index is 755. The minimum absolute atomic E-state index is 0.0697. The standard InChI is InChI=1S/C19H16N2O/c22-19(21-14-15-5-2-1-3-6-15)18-8-4-7-17(13-18)16-9-11-20-12-10-16/h1-13H,14H2,(H,21,22). The molecule has 1 heterocycles. The highest BCUT2D eigenvalue weighted by molar-refractivity contribution is 5.95. The zero-order chi connectivity index (χ0) is 15.2. The van der Waals surface area contributed by atoms with Crippen LogP contribution in [0.4, 0.5) is 0 Å². The fourth-order valence-electron chi connectivity index (χ4n) is 2.26. The lowest BCUT2D eigenvalue weighted by Crippen LogP contribution is -2.22. The number of nitrogens with one attached hydrogen (secondary N) is 1. The minimum atomic E-state index is -0.0697. The maximum absolute atomic E-state index is 12.3. The molecular weight excluding hydrogens is 272 g/mol. The van der Waals surface area contributed by atoms with Crippen LogP contribution in [0.1, 0.15) is 15.9 Å². The van der Waals surface area contributed by atoms with Crippen LogP contribution in [0.5, 0.6) is 0 Å². The summed E-state index contributed by atoms with van der Waals surface area (Å²) < 4.78 is 0. The van der Waals surface area contributed by atoms with Crippen molar-refractivity contribution in [3.05, 3.63) is 90.3 Å². The van der Waals surface area contributed by atoms with Crippen molar-refractivity contribution in [2.45, 2.75) is 6.54 Å². The highest BCUT2D eigenvalue weighted by atomic mass is 16.1. The molecule has 3 rings (SSSR count). The third-order valence-electron chi connectivity index (χ3n) is 3.43. The number of hydrogen-bond acceptors (Lipinski definition) is 2. The highest BCUT2D eigenvalue weighted by Gasteiger charge is 2.06. The van der Waals surface area contributed by atoms with Crippen LogP contribution in [0.2, 0.25) is 0 Å². The van der Waals surface area contributed by atoms with E-state index in [0.717, 1.165) is 16.7 Å². The van der Waals surface area contributed by atoms with Gasteiger partial charge >= 0.3 is 0 Å². The van der Waals surface area contributed by atoms with Gasteiger partial charge in [0.05, 0.1) is 0 Å². The van der Waals surface area contributed by atoms with Gasteiger partial charge in [-0.05, 0) is 41.0 Å². The van der Waals surface area contributed by atoms with Crippen molar-refractivity contribution < 1.29 is 4.79 Å². The number of aromatic nitrogens is 1. The number of amides is 1. The first kappa shape index (κ1) is 14.0. The normalized spacial score (nSPS) is 10.2. The van der Waals surface area contributed by atoms with Crippen LogP contribution < -0.4 is 5.32 Å². The molecule has 1 amide bonds. The first-order valence-electron chi connectivity index (χ1n) is 7.15. The summed E-state index contributed by atoms with van der Waals surface area (Å²) in [5, 5.41) is 2.94. The summed E-state index contributed by atoms with van der Waals surface area (Å²) in [7, 11) is 0. The van der Waals surface area contributed by atoms with E-state index in [4.69, 9.17) is 0 Å². The Hall–Kier alpha value is -2.94. The maximum atomic E-state index is 12.3. The Morgan fingerprint density at radius 1 is 0.864 bits per heavy atom. The van der Waals surface area contributed by atoms with E-state index in [9.17, 15) is 4.79 Å². The monoisotopic (exact) mass is 288 g/mol.